The zero-order valence-corrected chi connectivity index (χ0v) is 17.6. The summed E-state index contributed by atoms with van der Waals surface area (Å²) in [6.45, 7) is 8.59. The smallest absolute Gasteiger partial charge is 0.136 e. The highest BCUT2D eigenvalue weighted by Crippen LogP contribution is 2.39. The van der Waals surface area contributed by atoms with Crippen LogP contribution in [0.15, 0.2) is 69.5 Å². The molecule has 2 heterocycles. The maximum Gasteiger partial charge on any atom is 0.136 e. The fraction of sp³-hybridized carbons (Fsp3) is 0.143. The van der Waals surface area contributed by atoms with Gasteiger partial charge < -0.3 is 8.83 Å². The van der Waals surface area contributed by atoms with Crippen LogP contribution in [0, 0.1) is 27.7 Å². The Morgan fingerprint density at radius 2 is 0.833 bits per heavy atom. The van der Waals surface area contributed by atoms with Crippen LogP contribution in [-0.4, -0.2) is 0 Å². The molecule has 0 fully saturated rings. The van der Waals surface area contributed by atoms with E-state index in [-0.39, 0.29) is 0 Å². The van der Waals surface area contributed by atoms with Gasteiger partial charge in [0, 0.05) is 21.5 Å². The number of benzene rings is 4. The Morgan fingerprint density at radius 1 is 0.433 bits per heavy atom. The molecule has 0 aliphatic heterocycles. The fourth-order valence-electron chi connectivity index (χ4n) is 4.67. The van der Waals surface area contributed by atoms with Crippen LogP contribution in [0.5, 0.6) is 0 Å². The Balaban J connectivity index is 1.62. The second kappa shape index (κ2) is 5.99. The van der Waals surface area contributed by atoms with Gasteiger partial charge in [-0.2, -0.15) is 0 Å². The van der Waals surface area contributed by atoms with Gasteiger partial charge in [0.2, 0.25) is 0 Å². The first-order valence-corrected chi connectivity index (χ1v) is 10.4. The highest BCUT2D eigenvalue weighted by molar-refractivity contribution is 6.09. The van der Waals surface area contributed by atoms with E-state index in [1.54, 1.807) is 0 Å². The lowest BCUT2D eigenvalue weighted by molar-refractivity contribution is 0.668. The van der Waals surface area contributed by atoms with Gasteiger partial charge in [-0.3, -0.25) is 0 Å². The SMILES string of the molecule is Cc1ccc2oc3cc(-c4cc5oc6ccc(C)cc6c5cc4C)c(C)cc3c2c1. The van der Waals surface area contributed by atoms with E-state index in [1.807, 2.05) is 0 Å². The van der Waals surface area contributed by atoms with Gasteiger partial charge in [-0.1, -0.05) is 23.3 Å². The van der Waals surface area contributed by atoms with Crippen LogP contribution in [0.25, 0.3) is 55.0 Å². The number of furan rings is 2. The summed E-state index contributed by atoms with van der Waals surface area (Å²) in [4.78, 5) is 0. The van der Waals surface area contributed by atoms with Crippen LogP contribution in [0.4, 0.5) is 0 Å². The maximum atomic E-state index is 6.19. The molecule has 0 bridgehead atoms. The van der Waals surface area contributed by atoms with E-state index in [0.29, 0.717) is 0 Å². The summed E-state index contributed by atoms with van der Waals surface area (Å²) in [6.07, 6.45) is 0. The molecule has 0 N–H and O–H groups in total. The Kier molecular flexibility index (Phi) is 3.47. The molecule has 146 valence electrons. The normalized spacial score (nSPS) is 12.0. The topological polar surface area (TPSA) is 26.3 Å². The van der Waals surface area contributed by atoms with Gasteiger partial charge in [-0.05, 0) is 98.5 Å². The minimum atomic E-state index is 0.927. The van der Waals surface area contributed by atoms with Gasteiger partial charge in [0.15, 0.2) is 0 Å². The first kappa shape index (κ1) is 17.3. The molecule has 0 aliphatic carbocycles. The van der Waals surface area contributed by atoms with Gasteiger partial charge in [0.05, 0.1) is 0 Å². The molecule has 4 aromatic carbocycles. The van der Waals surface area contributed by atoms with Gasteiger partial charge in [0.1, 0.15) is 22.3 Å². The van der Waals surface area contributed by atoms with Gasteiger partial charge in [0.25, 0.3) is 0 Å². The first-order chi connectivity index (χ1) is 14.5. The Hall–Kier alpha value is -3.52. The monoisotopic (exact) mass is 390 g/mol. The predicted octanol–water partition coefficient (Wildman–Crippen LogP) is 8.39. The molecule has 2 aromatic heterocycles. The Labute approximate surface area is 174 Å². The van der Waals surface area contributed by atoms with Gasteiger partial charge >= 0.3 is 0 Å². The van der Waals surface area contributed by atoms with Crippen LogP contribution in [0.2, 0.25) is 0 Å². The van der Waals surface area contributed by atoms with Gasteiger partial charge in [-0.25, -0.2) is 0 Å². The van der Waals surface area contributed by atoms with E-state index >= 15 is 0 Å². The molecule has 6 aromatic rings. The third-order valence-electron chi connectivity index (χ3n) is 6.23. The molecule has 0 saturated heterocycles. The van der Waals surface area contributed by atoms with Crippen molar-refractivity contribution < 1.29 is 8.83 Å². The van der Waals surface area contributed by atoms with E-state index in [2.05, 4.69) is 88.4 Å². The summed E-state index contributed by atoms with van der Waals surface area (Å²) < 4.78 is 12.4. The van der Waals surface area contributed by atoms with E-state index < -0.39 is 0 Å². The average molecular weight is 390 g/mol. The predicted molar refractivity (Wildman–Crippen MR) is 125 cm³/mol. The van der Waals surface area contributed by atoms with Crippen molar-refractivity contribution in [2.24, 2.45) is 0 Å². The molecule has 2 heteroatoms. The van der Waals surface area contributed by atoms with Crippen LogP contribution in [0.1, 0.15) is 22.3 Å². The molecule has 6 rings (SSSR count). The maximum absolute atomic E-state index is 6.19. The van der Waals surface area contributed by atoms with Crippen LogP contribution in [-0.2, 0) is 0 Å². The van der Waals surface area contributed by atoms with Crippen molar-refractivity contribution >= 4 is 43.9 Å². The Morgan fingerprint density at radius 3 is 1.27 bits per heavy atom. The molecule has 30 heavy (non-hydrogen) atoms. The lowest BCUT2D eigenvalue weighted by Crippen LogP contribution is -1.87. The fourth-order valence-corrected chi connectivity index (χ4v) is 4.67. The van der Waals surface area contributed by atoms with Crippen molar-refractivity contribution in [3.05, 3.63) is 82.9 Å². The van der Waals surface area contributed by atoms with Crippen LogP contribution < -0.4 is 0 Å². The average Bonchev–Trinajstić information content (AvgIpc) is 3.24. The van der Waals surface area contributed by atoms with E-state index in [4.69, 9.17) is 8.83 Å². The second-order valence-electron chi connectivity index (χ2n) is 8.53. The number of aryl methyl sites for hydroxylation is 4. The van der Waals surface area contributed by atoms with E-state index in [9.17, 15) is 0 Å². The van der Waals surface area contributed by atoms with Crippen molar-refractivity contribution in [2.75, 3.05) is 0 Å². The summed E-state index contributed by atoms with van der Waals surface area (Å²) in [5.41, 5.74) is 11.1. The summed E-state index contributed by atoms with van der Waals surface area (Å²) in [6, 6.07) is 21.6. The molecule has 0 spiro atoms. The summed E-state index contributed by atoms with van der Waals surface area (Å²) in [5.74, 6) is 0. The minimum absolute atomic E-state index is 0.927. The number of hydrogen-bond donors (Lipinski definition) is 0. The molecule has 0 saturated carbocycles. The Bertz CT molecular complexity index is 1500. The standard InChI is InChI=1S/C28H22O2/c1-15-5-7-25-21(9-15)23-11-17(3)19(13-27(23)29-25)20-14-28-24(12-18(20)4)22-10-16(2)6-8-26(22)30-28/h5-14H,1-4H3. The lowest BCUT2D eigenvalue weighted by Gasteiger charge is -2.10. The molecule has 0 amide bonds. The summed E-state index contributed by atoms with van der Waals surface area (Å²) in [5, 5.41) is 4.71. The number of rotatable bonds is 1. The molecule has 0 radical (unpaired) electrons. The quantitative estimate of drug-likeness (QED) is 0.282. The van der Waals surface area contributed by atoms with Gasteiger partial charge in [-0.15, -0.1) is 0 Å². The first-order valence-electron chi connectivity index (χ1n) is 10.4. The minimum Gasteiger partial charge on any atom is -0.456 e. The third kappa shape index (κ3) is 2.43. The number of fused-ring (bicyclic) bond motifs is 6. The molecule has 0 unspecified atom stereocenters. The summed E-state index contributed by atoms with van der Waals surface area (Å²) in [7, 11) is 0. The molecular formula is C28H22O2. The zero-order valence-electron chi connectivity index (χ0n) is 17.6. The van der Waals surface area contributed by atoms with Crippen LogP contribution >= 0.6 is 0 Å². The zero-order chi connectivity index (χ0) is 20.6. The molecule has 0 aliphatic rings. The van der Waals surface area contributed by atoms with Crippen molar-refractivity contribution in [3.63, 3.8) is 0 Å². The van der Waals surface area contributed by atoms with Crippen molar-refractivity contribution in [2.45, 2.75) is 27.7 Å². The highest BCUT2D eigenvalue weighted by Gasteiger charge is 2.15. The summed E-state index contributed by atoms with van der Waals surface area (Å²) >= 11 is 0. The molecule has 2 nitrogen and oxygen atoms in total. The van der Waals surface area contributed by atoms with Crippen LogP contribution in [0.3, 0.4) is 0 Å². The van der Waals surface area contributed by atoms with E-state index in [1.165, 1.54) is 54.9 Å². The van der Waals surface area contributed by atoms with E-state index in [0.717, 1.165) is 22.3 Å². The number of hydrogen-bond acceptors (Lipinski definition) is 2. The second-order valence-corrected chi connectivity index (χ2v) is 8.53. The van der Waals surface area contributed by atoms with Crippen molar-refractivity contribution in [3.8, 4) is 11.1 Å². The largest absolute Gasteiger partial charge is 0.456 e. The lowest BCUT2D eigenvalue weighted by atomic mass is 9.93. The third-order valence-corrected chi connectivity index (χ3v) is 6.23. The van der Waals surface area contributed by atoms with Crippen molar-refractivity contribution in [1.82, 2.24) is 0 Å². The van der Waals surface area contributed by atoms with Crippen molar-refractivity contribution in [1.29, 1.82) is 0 Å². The molecular weight excluding hydrogens is 368 g/mol. The molecule has 0 atom stereocenters. The highest BCUT2D eigenvalue weighted by atomic mass is 16.3.